The molecule has 0 unspecified atom stereocenters. The fourth-order valence-corrected chi connectivity index (χ4v) is 5.97. The van der Waals surface area contributed by atoms with Crippen LogP contribution in [-0.4, -0.2) is 59.2 Å². The second-order valence-electron chi connectivity index (χ2n) is 8.76. The smallest absolute Gasteiger partial charge is 0.272 e. The van der Waals surface area contributed by atoms with Crippen LogP contribution >= 0.6 is 0 Å². The number of rotatable bonds is 7. The van der Waals surface area contributed by atoms with E-state index < -0.39 is 34.3 Å². The minimum absolute atomic E-state index is 0.0473. The topological polar surface area (TPSA) is 103 Å². The summed E-state index contributed by atoms with van der Waals surface area (Å²) in [6.07, 6.45) is -1.16. The average Bonchev–Trinajstić information content (AvgIpc) is 3.10. The third-order valence-corrected chi connectivity index (χ3v) is 7.43. The van der Waals surface area contributed by atoms with E-state index in [1.165, 1.54) is 6.20 Å². The van der Waals surface area contributed by atoms with E-state index in [1.54, 1.807) is 41.9 Å². The van der Waals surface area contributed by atoms with E-state index in [2.05, 4.69) is 15.4 Å². The van der Waals surface area contributed by atoms with Crippen LogP contribution in [0.1, 0.15) is 37.2 Å². The van der Waals surface area contributed by atoms with Gasteiger partial charge in [0, 0.05) is 17.8 Å². The molecule has 3 aromatic rings. The third-order valence-electron chi connectivity index (χ3n) is 5.27. The number of carbonyl (C=O) groups is 1. The molecule has 11 heteroatoms. The average molecular weight is 479 g/mol. The number of carbonyl (C=O) groups excluding carboxylic acids is 1. The second kappa shape index (κ2) is 8.36. The highest BCUT2D eigenvalue weighted by molar-refractivity contribution is 7.93. The van der Waals surface area contributed by atoms with Gasteiger partial charge < -0.3 is 10.1 Å². The first kappa shape index (κ1) is 23.1. The van der Waals surface area contributed by atoms with E-state index in [4.69, 9.17) is 4.74 Å². The van der Waals surface area contributed by atoms with Crippen LogP contribution in [0.15, 0.2) is 36.5 Å². The predicted molar refractivity (Wildman–Crippen MR) is 119 cm³/mol. The molecule has 1 N–H and O–H groups in total. The van der Waals surface area contributed by atoms with Crippen LogP contribution < -0.4 is 10.1 Å². The summed E-state index contributed by atoms with van der Waals surface area (Å²) in [7, 11) is -3.11. The maximum absolute atomic E-state index is 12.8. The number of amides is 1. The van der Waals surface area contributed by atoms with Gasteiger partial charge in [-0.15, -0.1) is 0 Å². The molecule has 1 amide bonds. The van der Waals surface area contributed by atoms with Gasteiger partial charge in [0.05, 0.1) is 28.1 Å². The van der Waals surface area contributed by atoms with Crippen LogP contribution in [0.25, 0.3) is 22.3 Å². The molecule has 2 aromatic heterocycles. The number of aromatic nitrogens is 3. The first-order valence-corrected chi connectivity index (χ1v) is 12.2. The van der Waals surface area contributed by atoms with Crippen LogP contribution in [0.4, 0.5) is 8.78 Å². The minimum Gasteiger partial charge on any atom is -0.488 e. The maximum Gasteiger partial charge on any atom is 0.272 e. The summed E-state index contributed by atoms with van der Waals surface area (Å²) in [4.78, 5) is 17.2. The normalized spacial score (nSPS) is 16.7. The Morgan fingerprint density at radius 1 is 1.27 bits per heavy atom. The van der Waals surface area contributed by atoms with Crippen molar-refractivity contribution < 1.29 is 26.7 Å². The molecule has 1 aliphatic rings. The highest BCUT2D eigenvalue weighted by Gasteiger charge is 2.45. The Balaban J connectivity index is 1.68. The first-order valence-electron chi connectivity index (χ1n) is 10.4. The molecule has 1 fully saturated rings. The molecule has 4 rings (SSSR count). The van der Waals surface area contributed by atoms with Crippen LogP contribution in [0.3, 0.4) is 0 Å². The Bertz CT molecular complexity index is 1310. The molecule has 3 heterocycles. The summed E-state index contributed by atoms with van der Waals surface area (Å²) in [5.74, 6) is -0.319. The Labute approximate surface area is 189 Å². The second-order valence-corrected chi connectivity index (χ2v) is 10.8. The van der Waals surface area contributed by atoms with E-state index in [0.29, 0.717) is 28.0 Å². The van der Waals surface area contributed by atoms with E-state index >= 15 is 0 Å². The monoisotopic (exact) mass is 478 g/mol. The van der Waals surface area contributed by atoms with Crippen molar-refractivity contribution in [3.05, 3.63) is 42.1 Å². The number of fused-ring (bicyclic) bond motifs is 1. The molecule has 0 aliphatic carbocycles. The number of benzene rings is 1. The quantitative estimate of drug-likeness (QED) is 0.559. The van der Waals surface area contributed by atoms with E-state index in [-0.39, 0.29) is 23.1 Å². The van der Waals surface area contributed by atoms with Crippen molar-refractivity contribution in [1.82, 2.24) is 20.1 Å². The molecule has 1 aromatic carbocycles. The standard InChI is InChI=1S/C22H24F2N4O4S/c1-13(2)28-17-8-15(21(29)26-22(3)11-33(30,31)12-22)9-25-20(17)19(27-28)14-5-4-6-16(7-14)32-10-18(23)24/h4-9,13,18H,10-12H2,1-3H3,(H,26,29). The number of hydrogen-bond acceptors (Lipinski definition) is 6. The molecule has 176 valence electrons. The lowest BCUT2D eigenvalue weighted by atomic mass is 10.1. The molecule has 33 heavy (non-hydrogen) atoms. The molecule has 0 atom stereocenters. The predicted octanol–water partition coefficient (Wildman–Crippen LogP) is 3.24. The van der Waals surface area contributed by atoms with Gasteiger partial charge in [0.1, 0.15) is 23.6 Å². The molecule has 0 saturated carbocycles. The number of alkyl halides is 2. The summed E-state index contributed by atoms with van der Waals surface area (Å²) >= 11 is 0. The molecule has 0 spiro atoms. The fourth-order valence-electron chi connectivity index (χ4n) is 3.97. The van der Waals surface area contributed by atoms with Crippen molar-refractivity contribution in [2.45, 2.75) is 38.8 Å². The lowest BCUT2D eigenvalue weighted by Gasteiger charge is -2.38. The van der Waals surface area contributed by atoms with Crippen molar-refractivity contribution in [1.29, 1.82) is 0 Å². The molecule has 1 saturated heterocycles. The van der Waals surface area contributed by atoms with Crippen molar-refractivity contribution in [3.63, 3.8) is 0 Å². The SMILES string of the molecule is CC(C)n1nc(-c2cccc(OCC(F)F)c2)c2ncc(C(=O)NC3(C)CS(=O)(=O)C3)cc21. The zero-order valence-electron chi connectivity index (χ0n) is 18.4. The Kier molecular flexibility index (Phi) is 5.85. The van der Waals surface area contributed by atoms with E-state index in [9.17, 15) is 22.0 Å². The lowest BCUT2D eigenvalue weighted by molar-refractivity contribution is 0.0819. The van der Waals surface area contributed by atoms with Crippen LogP contribution in [0.5, 0.6) is 5.75 Å². The van der Waals surface area contributed by atoms with Crippen molar-refractivity contribution in [2.24, 2.45) is 0 Å². The molecular formula is C22H24F2N4O4S. The Hall–Kier alpha value is -3.08. The molecule has 0 radical (unpaired) electrons. The molecular weight excluding hydrogens is 454 g/mol. The Morgan fingerprint density at radius 3 is 2.64 bits per heavy atom. The van der Waals surface area contributed by atoms with Gasteiger partial charge in [0.2, 0.25) is 0 Å². The van der Waals surface area contributed by atoms with Crippen molar-refractivity contribution >= 4 is 26.8 Å². The molecule has 0 bridgehead atoms. The zero-order valence-corrected chi connectivity index (χ0v) is 19.2. The van der Waals surface area contributed by atoms with Crippen LogP contribution in [0, 0.1) is 0 Å². The third kappa shape index (κ3) is 4.82. The maximum atomic E-state index is 12.8. The zero-order chi connectivity index (χ0) is 24.0. The summed E-state index contributed by atoms with van der Waals surface area (Å²) in [6, 6.07) is 8.29. The van der Waals surface area contributed by atoms with Gasteiger partial charge in [-0.25, -0.2) is 17.2 Å². The molecule has 8 nitrogen and oxygen atoms in total. The highest BCUT2D eigenvalue weighted by atomic mass is 32.2. The van der Waals surface area contributed by atoms with Crippen molar-refractivity contribution in [2.75, 3.05) is 18.1 Å². The Morgan fingerprint density at radius 2 is 2.00 bits per heavy atom. The van der Waals surface area contributed by atoms with E-state index in [0.717, 1.165) is 0 Å². The number of hydrogen-bond donors (Lipinski definition) is 1. The van der Waals surface area contributed by atoms with Gasteiger partial charge in [0.25, 0.3) is 12.3 Å². The van der Waals surface area contributed by atoms with Gasteiger partial charge in [-0.2, -0.15) is 5.10 Å². The van der Waals surface area contributed by atoms with Crippen LogP contribution in [0.2, 0.25) is 0 Å². The largest absolute Gasteiger partial charge is 0.488 e. The fraction of sp³-hybridized carbons (Fsp3) is 0.409. The van der Waals surface area contributed by atoms with Crippen molar-refractivity contribution in [3.8, 4) is 17.0 Å². The number of halogens is 2. The number of nitrogens with zero attached hydrogens (tertiary/aromatic N) is 3. The highest BCUT2D eigenvalue weighted by Crippen LogP contribution is 2.31. The van der Waals surface area contributed by atoms with Gasteiger partial charge in [-0.05, 0) is 39.0 Å². The number of ether oxygens (including phenoxy) is 1. The van der Waals surface area contributed by atoms with Gasteiger partial charge >= 0.3 is 0 Å². The summed E-state index contributed by atoms with van der Waals surface area (Å²) in [5, 5.41) is 7.44. The summed E-state index contributed by atoms with van der Waals surface area (Å²) < 4.78 is 54.9. The summed E-state index contributed by atoms with van der Waals surface area (Å²) in [5.41, 5.74) is 1.83. The van der Waals surface area contributed by atoms with Gasteiger partial charge in [0.15, 0.2) is 9.84 Å². The number of pyridine rings is 1. The van der Waals surface area contributed by atoms with Crippen LogP contribution in [-0.2, 0) is 9.84 Å². The number of sulfone groups is 1. The lowest BCUT2D eigenvalue weighted by Crippen LogP contribution is -2.63. The summed E-state index contributed by atoms with van der Waals surface area (Å²) in [6.45, 7) is 4.86. The number of nitrogens with one attached hydrogen (secondary N) is 1. The van der Waals surface area contributed by atoms with Gasteiger partial charge in [-0.1, -0.05) is 12.1 Å². The van der Waals surface area contributed by atoms with Gasteiger partial charge in [-0.3, -0.25) is 14.5 Å². The molecule has 1 aliphatic heterocycles. The minimum atomic E-state index is -3.11. The first-order chi connectivity index (χ1) is 15.5. The van der Waals surface area contributed by atoms with E-state index in [1.807, 2.05) is 13.8 Å².